The molecular weight excluding hydrogens is 425 g/mol. The van der Waals surface area contributed by atoms with Crippen LogP contribution in [0.2, 0.25) is 10.0 Å². The van der Waals surface area contributed by atoms with Gasteiger partial charge >= 0.3 is 5.97 Å². The number of nitrogens with one attached hydrogen (secondary N) is 1. The molecule has 2 aromatic rings. The molecule has 1 aliphatic rings. The lowest BCUT2D eigenvalue weighted by Gasteiger charge is -2.38. The fourth-order valence-electron chi connectivity index (χ4n) is 3.40. The Labute approximate surface area is 179 Å². The fraction of sp³-hybridized carbons (Fsp3) is 0.263. The van der Waals surface area contributed by atoms with Gasteiger partial charge < -0.3 is 21.1 Å². The molecule has 0 spiro atoms. The second-order valence-corrected chi connectivity index (χ2v) is 7.24. The topological polar surface area (TPSA) is 95.7 Å². The van der Waals surface area contributed by atoms with Crippen LogP contribution < -0.4 is 16.0 Å². The van der Waals surface area contributed by atoms with E-state index >= 15 is 0 Å². The van der Waals surface area contributed by atoms with E-state index in [1.807, 2.05) is 12.1 Å². The van der Waals surface area contributed by atoms with Crippen molar-refractivity contribution in [2.45, 2.75) is 32.0 Å². The number of anilines is 2. The summed E-state index contributed by atoms with van der Waals surface area (Å²) < 4.78 is 0. The van der Waals surface area contributed by atoms with Gasteiger partial charge in [0.15, 0.2) is 0 Å². The van der Waals surface area contributed by atoms with Gasteiger partial charge in [-0.15, -0.1) is 12.4 Å². The predicted molar refractivity (Wildman–Crippen MR) is 114 cm³/mol. The lowest BCUT2D eigenvalue weighted by molar-refractivity contribution is -0.138. The van der Waals surface area contributed by atoms with E-state index in [1.165, 1.54) is 6.92 Å². The Balaban J connectivity index is 0.00000280. The molecule has 0 saturated carbocycles. The van der Waals surface area contributed by atoms with Crippen LogP contribution in [-0.2, 0) is 16.1 Å². The normalized spacial score (nSPS) is 17.7. The molecule has 0 saturated heterocycles. The Morgan fingerprint density at radius 3 is 2.43 bits per heavy atom. The summed E-state index contributed by atoms with van der Waals surface area (Å²) in [5.74, 6) is -1.23. The van der Waals surface area contributed by atoms with Crippen LogP contribution in [0.15, 0.2) is 36.4 Å². The van der Waals surface area contributed by atoms with E-state index in [0.29, 0.717) is 33.5 Å². The van der Waals surface area contributed by atoms with Gasteiger partial charge in [-0.05, 0) is 29.8 Å². The van der Waals surface area contributed by atoms with E-state index in [2.05, 4.69) is 5.32 Å². The molecule has 0 fully saturated rings. The number of fused-ring (bicyclic) bond motifs is 1. The number of nitrogens with zero attached hydrogens (tertiary/aromatic N) is 1. The van der Waals surface area contributed by atoms with Crippen molar-refractivity contribution in [2.24, 2.45) is 5.73 Å². The summed E-state index contributed by atoms with van der Waals surface area (Å²) in [6.45, 7) is 1.83. The minimum atomic E-state index is -1.01. The highest BCUT2D eigenvalue weighted by Crippen LogP contribution is 2.44. The molecule has 6 nitrogen and oxygen atoms in total. The largest absolute Gasteiger partial charge is 0.480 e. The minimum Gasteiger partial charge on any atom is -0.480 e. The van der Waals surface area contributed by atoms with Crippen LogP contribution >= 0.6 is 35.6 Å². The zero-order valence-electron chi connectivity index (χ0n) is 15.0. The molecular formula is C19H20Cl3N3O3. The molecule has 1 amide bonds. The Morgan fingerprint density at radius 1 is 1.25 bits per heavy atom. The maximum absolute atomic E-state index is 12.5. The van der Waals surface area contributed by atoms with Crippen molar-refractivity contribution in [3.05, 3.63) is 57.6 Å². The predicted octanol–water partition coefficient (Wildman–Crippen LogP) is 4.24. The van der Waals surface area contributed by atoms with Crippen molar-refractivity contribution < 1.29 is 14.7 Å². The van der Waals surface area contributed by atoms with Gasteiger partial charge in [-0.2, -0.15) is 0 Å². The Kier molecular flexibility index (Phi) is 7.17. The van der Waals surface area contributed by atoms with E-state index in [1.54, 1.807) is 29.2 Å². The van der Waals surface area contributed by atoms with E-state index in [9.17, 15) is 14.7 Å². The SMILES string of the molecule is CC(=O)N(c1ccc(CN)cc1)[C@@H]1C[C@@H](C(=O)O)Nc2cc(Cl)cc(Cl)c21.Cl. The van der Waals surface area contributed by atoms with E-state index < -0.39 is 18.1 Å². The summed E-state index contributed by atoms with van der Waals surface area (Å²) in [5, 5.41) is 13.2. The Bertz CT molecular complexity index is 890. The molecule has 28 heavy (non-hydrogen) atoms. The lowest BCUT2D eigenvalue weighted by Crippen LogP contribution is -2.43. The molecule has 2 aromatic carbocycles. The monoisotopic (exact) mass is 443 g/mol. The number of amides is 1. The molecule has 150 valence electrons. The van der Waals surface area contributed by atoms with Gasteiger partial charge in [-0.3, -0.25) is 4.79 Å². The first-order chi connectivity index (χ1) is 12.8. The van der Waals surface area contributed by atoms with E-state index in [4.69, 9.17) is 28.9 Å². The molecule has 0 radical (unpaired) electrons. The molecule has 1 heterocycles. The van der Waals surface area contributed by atoms with Crippen LogP contribution in [0, 0.1) is 0 Å². The third-order valence-corrected chi connectivity index (χ3v) is 5.15. The van der Waals surface area contributed by atoms with Crippen molar-refractivity contribution in [1.82, 2.24) is 0 Å². The van der Waals surface area contributed by atoms with Crippen LogP contribution in [0.4, 0.5) is 11.4 Å². The standard InChI is InChI=1S/C19H19Cl2N3O3.ClH/c1-10(25)24(13-4-2-11(9-22)3-5-13)17-8-16(19(26)27)23-15-7-12(20)6-14(21)18(15)17;/h2-7,16-17,23H,8-9,22H2,1H3,(H,26,27);1H/t16-,17+;/m0./s1. The van der Waals surface area contributed by atoms with Crippen LogP contribution in [0.3, 0.4) is 0 Å². The summed E-state index contributed by atoms with van der Waals surface area (Å²) in [6, 6.07) is 9.07. The molecule has 0 aromatic heterocycles. The molecule has 9 heteroatoms. The number of carboxylic acids is 1. The Hall–Kier alpha value is -1.99. The smallest absolute Gasteiger partial charge is 0.326 e. The number of nitrogens with two attached hydrogens (primary N) is 1. The Morgan fingerprint density at radius 2 is 1.89 bits per heavy atom. The number of halogens is 3. The first kappa shape index (κ1) is 22.3. The molecule has 0 aliphatic carbocycles. The molecule has 0 bridgehead atoms. The quantitative estimate of drug-likeness (QED) is 0.655. The first-order valence-electron chi connectivity index (χ1n) is 8.39. The van der Waals surface area contributed by atoms with Gasteiger partial charge in [0.2, 0.25) is 5.91 Å². The number of carboxylic acid groups (broad SMARTS) is 1. The number of carbonyl (C=O) groups excluding carboxylic acids is 1. The summed E-state index contributed by atoms with van der Waals surface area (Å²) in [4.78, 5) is 25.7. The van der Waals surface area contributed by atoms with Crippen molar-refractivity contribution in [3.63, 3.8) is 0 Å². The van der Waals surface area contributed by atoms with Crippen LogP contribution in [0.1, 0.15) is 30.5 Å². The number of rotatable bonds is 4. The number of hydrogen-bond acceptors (Lipinski definition) is 4. The van der Waals surface area contributed by atoms with Gasteiger partial charge in [-0.25, -0.2) is 4.79 Å². The number of hydrogen-bond donors (Lipinski definition) is 3. The van der Waals surface area contributed by atoms with Crippen LogP contribution in [-0.4, -0.2) is 23.0 Å². The number of carbonyl (C=O) groups is 2. The highest BCUT2D eigenvalue weighted by atomic mass is 35.5. The number of benzene rings is 2. The highest BCUT2D eigenvalue weighted by molar-refractivity contribution is 6.35. The second-order valence-electron chi connectivity index (χ2n) is 6.40. The highest BCUT2D eigenvalue weighted by Gasteiger charge is 2.37. The van der Waals surface area contributed by atoms with Crippen molar-refractivity contribution >= 4 is 58.9 Å². The average Bonchev–Trinajstić information content (AvgIpc) is 2.61. The van der Waals surface area contributed by atoms with Gasteiger partial charge in [0.1, 0.15) is 6.04 Å². The summed E-state index contributed by atoms with van der Waals surface area (Å²) in [5.41, 5.74) is 8.39. The molecule has 3 rings (SSSR count). The molecule has 2 atom stereocenters. The minimum absolute atomic E-state index is 0. The van der Waals surface area contributed by atoms with Crippen molar-refractivity contribution in [1.29, 1.82) is 0 Å². The van der Waals surface area contributed by atoms with Gasteiger partial charge in [0.05, 0.1) is 6.04 Å². The molecule has 4 N–H and O–H groups in total. The van der Waals surface area contributed by atoms with Crippen molar-refractivity contribution in [3.8, 4) is 0 Å². The van der Waals surface area contributed by atoms with E-state index in [0.717, 1.165) is 5.56 Å². The molecule has 0 unspecified atom stereocenters. The van der Waals surface area contributed by atoms with E-state index in [-0.39, 0.29) is 24.7 Å². The van der Waals surface area contributed by atoms with Gasteiger partial charge in [0.25, 0.3) is 0 Å². The van der Waals surface area contributed by atoms with Gasteiger partial charge in [-0.1, -0.05) is 35.3 Å². The van der Waals surface area contributed by atoms with Gasteiger partial charge in [0, 0.05) is 46.9 Å². The third-order valence-electron chi connectivity index (χ3n) is 4.62. The zero-order valence-corrected chi connectivity index (χ0v) is 17.3. The maximum atomic E-state index is 12.5. The molecule has 1 aliphatic heterocycles. The van der Waals surface area contributed by atoms with Crippen LogP contribution in [0.5, 0.6) is 0 Å². The first-order valence-corrected chi connectivity index (χ1v) is 9.14. The lowest BCUT2D eigenvalue weighted by atomic mass is 9.91. The number of aliphatic carboxylic acids is 1. The summed E-state index contributed by atoms with van der Waals surface area (Å²) in [6.07, 6.45) is 0.169. The third kappa shape index (κ3) is 4.36. The van der Waals surface area contributed by atoms with Crippen LogP contribution in [0.25, 0.3) is 0 Å². The van der Waals surface area contributed by atoms with Crippen molar-refractivity contribution in [2.75, 3.05) is 10.2 Å². The average molecular weight is 445 g/mol. The maximum Gasteiger partial charge on any atom is 0.326 e. The second kappa shape index (κ2) is 9.01. The summed E-state index contributed by atoms with van der Waals surface area (Å²) >= 11 is 12.5. The zero-order chi connectivity index (χ0) is 19.7. The summed E-state index contributed by atoms with van der Waals surface area (Å²) in [7, 11) is 0. The fourth-order valence-corrected chi connectivity index (χ4v) is 4.02.